The van der Waals surface area contributed by atoms with Crippen LogP contribution >= 0.6 is 11.6 Å². The minimum Gasteiger partial charge on any atom is -0.451 e. The number of carbonyl (C=O) groups excluding carboxylic acids is 4. The average Bonchev–Trinajstić information content (AvgIpc) is 2.93. The van der Waals surface area contributed by atoms with Gasteiger partial charge in [0.15, 0.2) is 6.10 Å². The summed E-state index contributed by atoms with van der Waals surface area (Å²) in [6, 6.07) is 5.89. The number of urea groups is 1. The SMILES string of the molecule is CC(OC(=O)CN1C(=O)NC2(CCC(C(C)(C)C)CC2)C1=O)C(=O)Nc1ccc(Cl)cc1. The number of hydrogen-bond acceptors (Lipinski definition) is 5. The van der Waals surface area contributed by atoms with Crippen molar-refractivity contribution in [1.29, 1.82) is 0 Å². The maximum absolute atomic E-state index is 13.0. The van der Waals surface area contributed by atoms with E-state index in [4.69, 9.17) is 16.3 Å². The molecule has 0 bridgehead atoms. The molecule has 1 aliphatic heterocycles. The van der Waals surface area contributed by atoms with Gasteiger partial charge < -0.3 is 15.4 Å². The standard InChI is InChI=1S/C23H30ClN3O5/c1-14(19(29)25-17-7-5-16(24)6-8-17)32-18(28)13-27-20(30)23(26-21(27)31)11-9-15(10-12-23)22(2,3)4/h5-8,14-15H,9-13H2,1-4H3,(H,25,29)(H,26,31). The first kappa shape index (κ1) is 24.0. The summed E-state index contributed by atoms with van der Waals surface area (Å²) in [7, 11) is 0. The van der Waals surface area contributed by atoms with Crippen molar-refractivity contribution in [1.82, 2.24) is 10.2 Å². The second-order valence-electron chi connectivity index (χ2n) is 9.67. The summed E-state index contributed by atoms with van der Waals surface area (Å²) >= 11 is 5.82. The van der Waals surface area contributed by atoms with Gasteiger partial charge in [-0.2, -0.15) is 0 Å². The van der Waals surface area contributed by atoms with E-state index in [1.54, 1.807) is 24.3 Å². The number of nitrogens with zero attached hydrogens (tertiary/aromatic N) is 1. The van der Waals surface area contributed by atoms with Gasteiger partial charge in [0.1, 0.15) is 12.1 Å². The third kappa shape index (κ3) is 5.23. The number of esters is 1. The molecule has 32 heavy (non-hydrogen) atoms. The van der Waals surface area contributed by atoms with E-state index in [1.807, 2.05) is 0 Å². The van der Waals surface area contributed by atoms with Gasteiger partial charge in [-0.3, -0.25) is 19.3 Å². The summed E-state index contributed by atoms with van der Waals surface area (Å²) < 4.78 is 5.15. The third-order valence-corrected chi connectivity index (χ3v) is 6.64. The normalized spacial score (nSPS) is 24.3. The lowest BCUT2D eigenvalue weighted by Crippen LogP contribution is -2.50. The van der Waals surface area contributed by atoms with Crippen molar-refractivity contribution in [2.75, 3.05) is 11.9 Å². The predicted octanol–water partition coefficient (Wildman–Crippen LogP) is 3.74. The number of hydrogen-bond donors (Lipinski definition) is 2. The highest BCUT2D eigenvalue weighted by Crippen LogP contribution is 2.43. The van der Waals surface area contributed by atoms with Gasteiger partial charge >= 0.3 is 12.0 Å². The summed E-state index contributed by atoms with van der Waals surface area (Å²) in [5, 5.41) is 5.94. The van der Waals surface area contributed by atoms with Gasteiger partial charge in [0, 0.05) is 10.7 Å². The number of benzene rings is 1. The Morgan fingerprint density at radius 3 is 2.38 bits per heavy atom. The first-order valence-corrected chi connectivity index (χ1v) is 11.2. The number of carbonyl (C=O) groups is 4. The van der Waals surface area contributed by atoms with Crippen molar-refractivity contribution < 1.29 is 23.9 Å². The largest absolute Gasteiger partial charge is 0.451 e. The second kappa shape index (κ2) is 9.10. The lowest BCUT2D eigenvalue weighted by molar-refractivity contribution is -0.155. The summed E-state index contributed by atoms with van der Waals surface area (Å²) in [5.74, 6) is -1.29. The van der Waals surface area contributed by atoms with Crippen molar-refractivity contribution in [3.63, 3.8) is 0 Å². The number of rotatable bonds is 5. The summed E-state index contributed by atoms with van der Waals surface area (Å²) in [6.07, 6.45) is 1.65. The van der Waals surface area contributed by atoms with Crippen molar-refractivity contribution in [3.05, 3.63) is 29.3 Å². The van der Waals surface area contributed by atoms with Gasteiger partial charge in [-0.05, 0) is 68.2 Å². The van der Waals surface area contributed by atoms with E-state index in [1.165, 1.54) is 6.92 Å². The molecule has 2 fully saturated rings. The molecule has 1 aromatic rings. The molecular weight excluding hydrogens is 434 g/mol. The van der Waals surface area contributed by atoms with Crippen LogP contribution in [0.3, 0.4) is 0 Å². The molecule has 4 amide bonds. The zero-order chi connectivity index (χ0) is 23.7. The van der Waals surface area contributed by atoms with Gasteiger partial charge in [0.2, 0.25) is 0 Å². The third-order valence-electron chi connectivity index (χ3n) is 6.39. The van der Waals surface area contributed by atoms with Crippen LogP contribution < -0.4 is 10.6 Å². The summed E-state index contributed by atoms with van der Waals surface area (Å²) in [4.78, 5) is 51.0. The van der Waals surface area contributed by atoms with E-state index in [2.05, 4.69) is 31.4 Å². The molecule has 0 radical (unpaired) electrons. The summed E-state index contributed by atoms with van der Waals surface area (Å²) in [6.45, 7) is 7.42. The highest BCUT2D eigenvalue weighted by molar-refractivity contribution is 6.30. The van der Waals surface area contributed by atoms with Gasteiger partial charge in [-0.25, -0.2) is 4.79 Å². The molecule has 1 aliphatic carbocycles. The van der Waals surface area contributed by atoms with Gasteiger partial charge in [-0.1, -0.05) is 32.4 Å². The van der Waals surface area contributed by atoms with E-state index < -0.39 is 42.0 Å². The molecule has 174 valence electrons. The number of imide groups is 1. The first-order chi connectivity index (χ1) is 14.9. The first-order valence-electron chi connectivity index (χ1n) is 10.8. The zero-order valence-corrected chi connectivity index (χ0v) is 19.6. The van der Waals surface area contributed by atoms with Crippen molar-refractivity contribution in [2.45, 2.75) is 65.0 Å². The number of nitrogens with one attached hydrogen (secondary N) is 2. The van der Waals surface area contributed by atoms with Crippen LogP contribution in [0.25, 0.3) is 0 Å². The maximum atomic E-state index is 13.0. The van der Waals surface area contributed by atoms with Crippen molar-refractivity contribution in [2.24, 2.45) is 11.3 Å². The van der Waals surface area contributed by atoms with E-state index in [0.29, 0.717) is 29.5 Å². The number of halogens is 1. The Balaban J connectivity index is 1.54. The number of ether oxygens (including phenoxy) is 1. The van der Waals surface area contributed by atoms with Crippen LogP contribution in [-0.4, -0.2) is 46.9 Å². The Morgan fingerprint density at radius 2 is 1.81 bits per heavy atom. The lowest BCUT2D eigenvalue weighted by Gasteiger charge is -2.40. The van der Waals surface area contributed by atoms with Crippen LogP contribution in [0.15, 0.2) is 24.3 Å². The fourth-order valence-electron chi connectivity index (χ4n) is 4.33. The summed E-state index contributed by atoms with van der Waals surface area (Å²) in [5.41, 5.74) is -0.305. The highest BCUT2D eigenvalue weighted by atomic mass is 35.5. The molecule has 1 unspecified atom stereocenters. The fraction of sp³-hybridized carbons (Fsp3) is 0.565. The van der Waals surface area contributed by atoms with Crippen LogP contribution in [0.4, 0.5) is 10.5 Å². The van der Waals surface area contributed by atoms with E-state index in [9.17, 15) is 19.2 Å². The Bertz CT molecular complexity index is 901. The number of anilines is 1. The minimum atomic E-state index is -1.10. The van der Waals surface area contributed by atoms with E-state index in [-0.39, 0.29) is 5.41 Å². The van der Waals surface area contributed by atoms with Crippen LogP contribution in [0.5, 0.6) is 0 Å². The van der Waals surface area contributed by atoms with Crippen LogP contribution in [0, 0.1) is 11.3 Å². The van der Waals surface area contributed by atoms with Crippen LogP contribution in [0.2, 0.25) is 5.02 Å². The topological polar surface area (TPSA) is 105 Å². The molecule has 1 aromatic carbocycles. The molecule has 2 aliphatic rings. The Morgan fingerprint density at radius 1 is 1.22 bits per heavy atom. The van der Waals surface area contributed by atoms with E-state index in [0.717, 1.165) is 17.7 Å². The monoisotopic (exact) mass is 463 g/mol. The maximum Gasteiger partial charge on any atom is 0.327 e. The quantitative estimate of drug-likeness (QED) is 0.511. The molecule has 1 spiro atoms. The molecule has 1 atom stereocenters. The van der Waals surface area contributed by atoms with Crippen molar-refractivity contribution >= 4 is 41.1 Å². The average molecular weight is 464 g/mol. The molecule has 3 rings (SSSR count). The fourth-order valence-corrected chi connectivity index (χ4v) is 4.46. The lowest BCUT2D eigenvalue weighted by atomic mass is 9.67. The second-order valence-corrected chi connectivity index (χ2v) is 10.1. The molecular formula is C23H30ClN3O5. The molecule has 1 heterocycles. The van der Waals surface area contributed by atoms with Crippen LogP contribution in [0.1, 0.15) is 53.4 Å². The Kier molecular flexibility index (Phi) is 6.83. The van der Waals surface area contributed by atoms with E-state index >= 15 is 0 Å². The van der Waals surface area contributed by atoms with Crippen LogP contribution in [-0.2, 0) is 19.1 Å². The molecule has 1 saturated heterocycles. The molecule has 2 N–H and O–H groups in total. The molecule has 9 heteroatoms. The zero-order valence-electron chi connectivity index (χ0n) is 18.9. The highest BCUT2D eigenvalue weighted by Gasteiger charge is 2.53. The van der Waals surface area contributed by atoms with Gasteiger partial charge in [0.25, 0.3) is 11.8 Å². The predicted molar refractivity (Wildman–Crippen MR) is 120 cm³/mol. The molecule has 1 saturated carbocycles. The molecule has 0 aromatic heterocycles. The number of amides is 4. The molecule has 8 nitrogen and oxygen atoms in total. The van der Waals surface area contributed by atoms with Gasteiger partial charge in [-0.15, -0.1) is 0 Å². The minimum absolute atomic E-state index is 0.138. The van der Waals surface area contributed by atoms with Crippen molar-refractivity contribution in [3.8, 4) is 0 Å². The smallest absolute Gasteiger partial charge is 0.327 e. The van der Waals surface area contributed by atoms with Gasteiger partial charge in [0.05, 0.1) is 0 Å². The Hall–Kier alpha value is -2.61. The Labute approximate surface area is 193 Å².